The number of likely N-dealkylation sites (N-methyl/N-ethyl adjacent to an activating group) is 1. The van der Waals surface area contributed by atoms with Crippen molar-refractivity contribution in [1.82, 2.24) is 15.5 Å². The summed E-state index contributed by atoms with van der Waals surface area (Å²) >= 11 is 0. The molecule has 0 aromatic heterocycles. The third-order valence-electron chi connectivity index (χ3n) is 7.30. The molecule has 0 saturated heterocycles. The number of carboxylic acid groups (broad SMARTS) is 1. The van der Waals surface area contributed by atoms with E-state index in [0.717, 1.165) is 27.8 Å². The van der Waals surface area contributed by atoms with Gasteiger partial charge in [-0.1, -0.05) is 85.8 Å². The summed E-state index contributed by atoms with van der Waals surface area (Å²) in [6, 6.07) is 24.7. The Balaban J connectivity index is 1.23. The van der Waals surface area contributed by atoms with Crippen LogP contribution in [0.1, 0.15) is 48.8 Å². The molecule has 3 aromatic rings. The molecule has 4 rings (SSSR count). The zero-order chi connectivity index (χ0) is 28.5. The fourth-order valence-electron chi connectivity index (χ4n) is 5.21. The lowest BCUT2D eigenvalue weighted by molar-refractivity contribution is -0.142. The first-order valence-corrected chi connectivity index (χ1v) is 13.7. The molecule has 0 heterocycles. The maximum Gasteiger partial charge on any atom is 0.407 e. The number of rotatable bonds is 13. The third kappa shape index (κ3) is 7.48. The van der Waals surface area contributed by atoms with E-state index in [2.05, 4.69) is 34.9 Å². The molecular weight excluding hydrogens is 506 g/mol. The first-order chi connectivity index (χ1) is 19.4. The minimum Gasteiger partial charge on any atom is -0.480 e. The maximum atomic E-state index is 12.7. The van der Waals surface area contributed by atoms with E-state index >= 15 is 0 Å². The molecule has 3 N–H and O–H groups in total. The zero-order valence-electron chi connectivity index (χ0n) is 23.0. The van der Waals surface area contributed by atoms with Crippen LogP contribution in [0.15, 0.2) is 78.9 Å². The second-order valence-electron chi connectivity index (χ2n) is 10.3. The number of carboxylic acids is 1. The number of aliphatic carboxylic acids is 1. The van der Waals surface area contributed by atoms with Gasteiger partial charge in [-0.25, -0.2) is 9.59 Å². The number of nitrogens with zero attached hydrogens (tertiary/aromatic N) is 1. The summed E-state index contributed by atoms with van der Waals surface area (Å²) in [5, 5.41) is 15.1. The van der Waals surface area contributed by atoms with Gasteiger partial charge in [0.15, 0.2) is 0 Å². The van der Waals surface area contributed by atoms with Crippen LogP contribution in [0, 0.1) is 0 Å². The smallest absolute Gasteiger partial charge is 0.407 e. The van der Waals surface area contributed by atoms with Gasteiger partial charge in [0.25, 0.3) is 0 Å². The van der Waals surface area contributed by atoms with Gasteiger partial charge in [0.05, 0.1) is 0 Å². The van der Waals surface area contributed by atoms with Gasteiger partial charge in [-0.15, -0.1) is 0 Å². The molecule has 210 valence electrons. The van der Waals surface area contributed by atoms with Crippen LogP contribution in [0.2, 0.25) is 0 Å². The number of carbonyl (C=O) groups excluding carboxylic acids is 2. The number of hydrogen-bond acceptors (Lipinski definition) is 5. The molecule has 2 unspecified atom stereocenters. The van der Waals surface area contributed by atoms with Crippen molar-refractivity contribution >= 4 is 18.0 Å². The summed E-state index contributed by atoms with van der Waals surface area (Å²) in [6.45, 7) is 2.88. The molecule has 0 spiro atoms. The Morgan fingerprint density at radius 3 is 2.10 bits per heavy atom. The van der Waals surface area contributed by atoms with Gasteiger partial charge >= 0.3 is 12.1 Å². The van der Waals surface area contributed by atoms with Crippen LogP contribution in [-0.2, 0) is 20.9 Å². The molecule has 0 fully saturated rings. The van der Waals surface area contributed by atoms with Gasteiger partial charge in [-0.3, -0.25) is 9.69 Å². The molecule has 0 saturated carbocycles. The monoisotopic (exact) mass is 543 g/mol. The Bertz CT molecular complexity index is 1270. The predicted molar refractivity (Wildman–Crippen MR) is 154 cm³/mol. The van der Waals surface area contributed by atoms with Crippen molar-refractivity contribution in [1.29, 1.82) is 0 Å². The Kier molecular flexibility index (Phi) is 9.91. The highest BCUT2D eigenvalue weighted by atomic mass is 16.5. The topological polar surface area (TPSA) is 108 Å². The number of nitrogens with one attached hydrogen (secondary N) is 2. The highest BCUT2D eigenvalue weighted by Gasteiger charge is 2.29. The summed E-state index contributed by atoms with van der Waals surface area (Å²) in [4.78, 5) is 38.9. The van der Waals surface area contributed by atoms with Gasteiger partial charge in [-0.2, -0.15) is 0 Å². The average Bonchev–Trinajstić information content (AvgIpc) is 3.27. The molecule has 8 heteroatoms. The number of ether oxygens (including phenoxy) is 1. The van der Waals surface area contributed by atoms with E-state index in [-0.39, 0.29) is 37.4 Å². The molecule has 2 amide bonds. The molecular formula is C32H37N3O5. The van der Waals surface area contributed by atoms with Gasteiger partial charge in [0.1, 0.15) is 12.6 Å². The van der Waals surface area contributed by atoms with Crippen molar-refractivity contribution in [2.45, 2.75) is 50.7 Å². The molecule has 3 aromatic carbocycles. The van der Waals surface area contributed by atoms with Crippen LogP contribution in [-0.4, -0.2) is 60.3 Å². The highest BCUT2D eigenvalue weighted by Crippen LogP contribution is 2.44. The van der Waals surface area contributed by atoms with Crippen LogP contribution in [0.4, 0.5) is 4.79 Å². The number of fused-ring (bicyclic) bond motifs is 3. The highest BCUT2D eigenvalue weighted by molar-refractivity contribution is 5.83. The molecule has 1 aliphatic carbocycles. The maximum absolute atomic E-state index is 12.7. The SMILES string of the molecule is CCC(CCC(=O)NC(CN(C)Cc1ccccc1)C(=O)O)NC(=O)OCC1c2ccccc2-c2ccccc21. The van der Waals surface area contributed by atoms with Crippen LogP contribution in [0.5, 0.6) is 0 Å². The Morgan fingerprint density at radius 1 is 0.900 bits per heavy atom. The fraction of sp³-hybridized carbons (Fsp3) is 0.344. The van der Waals surface area contributed by atoms with E-state index in [9.17, 15) is 19.5 Å². The lowest BCUT2D eigenvalue weighted by atomic mass is 9.98. The van der Waals surface area contributed by atoms with E-state index in [1.165, 1.54) is 0 Å². The van der Waals surface area contributed by atoms with E-state index in [4.69, 9.17) is 4.74 Å². The number of amides is 2. The summed E-state index contributed by atoms with van der Waals surface area (Å²) in [5.74, 6) is -1.48. The Labute approximate surface area is 235 Å². The molecule has 2 atom stereocenters. The largest absolute Gasteiger partial charge is 0.480 e. The molecule has 0 radical (unpaired) electrons. The van der Waals surface area contributed by atoms with Crippen LogP contribution in [0.25, 0.3) is 11.1 Å². The van der Waals surface area contributed by atoms with Gasteiger partial charge in [0, 0.05) is 31.5 Å². The molecule has 40 heavy (non-hydrogen) atoms. The lowest BCUT2D eigenvalue weighted by Gasteiger charge is -2.23. The van der Waals surface area contributed by atoms with Crippen LogP contribution < -0.4 is 10.6 Å². The van der Waals surface area contributed by atoms with Gasteiger partial charge in [0.2, 0.25) is 5.91 Å². The summed E-state index contributed by atoms with van der Waals surface area (Å²) in [5.41, 5.74) is 5.67. The second-order valence-corrected chi connectivity index (χ2v) is 10.3. The van der Waals surface area contributed by atoms with Crippen molar-refractivity contribution in [2.75, 3.05) is 20.2 Å². The Hall–Kier alpha value is -4.17. The number of alkyl carbamates (subject to hydrolysis) is 1. The molecule has 0 bridgehead atoms. The summed E-state index contributed by atoms with van der Waals surface area (Å²) in [6.07, 6.45) is 0.548. The fourth-order valence-corrected chi connectivity index (χ4v) is 5.21. The average molecular weight is 544 g/mol. The summed E-state index contributed by atoms with van der Waals surface area (Å²) in [7, 11) is 1.82. The predicted octanol–water partition coefficient (Wildman–Crippen LogP) is 4.79. The third-order valence-corrected chi connectivity index (χ3v) is 7.30. The van der Waals surface area contributed by atoms with E-state index in [1.54, 1.807) is 0 Å². The number of carbonyl (C=O) groups is 3. The molecule has 8 nitrogen and oxygen atoms in total. The van der Waals surface area contributed by atoms with E-state index < -0.39 is 18.1 Å². The number of hydrogen-bond donors (Lipinski definition) is 3. The lowest BCUT2D eigenvalue weighted by Crippen LogP contribution is -2.47. The second kappa shape index (κ2) is 13.8. The van der Waals surface area contributed by atoms with Gasteiger partial charge in [-0.05, 0) is 47.7 Å². The minimum absolute atomic E-state index is 0.0306. The van der Waals surface area contributed by atoms with E-state index in [0.29, 0.717) is 19.4 Å². The van der Waals surface area contributed by atoms with Crippen molar-refractivity contribution in [3.63, 3.8) is 0 Å². The van der Waals surface area contributed by atoms with Crippen molar-refractivity contribution < 1.29 is 24.2 Å². The standard InChI is InChI=1S/C32H37N3O5/c1-3-23(17-18-30(36)34-29(31(37)38)20-35(2)19-22-11-5-4-6-12-22)33-32(39)40-21-28-26-15-9-7-13-24(26)25-14-8-10-16-27(25)28/h4-16,23,28-29H,3,17-21H2,1-2H3,(H,33,39)(H,34,36)(H,37,38). The van der Waals surface area contributed by atoms with E-state index in [1.807, 2.05) is 73.5 Å². The first kappa shape index (κ1) is 28.8. The van der Waals surface area contributed by atoms with Gasteiger partial charge < -0.3 is 20.5 Å². The zero-order valence-corrected chi connectivity index (χ0v) is 23.0. The molecule has 0 aliphatic heterocycles. The number of benzene rings is 3. The normalized spacial score (nSPS) is 13.7. The van der Waals surface area contributed by atoms with Crippen molar-refractivity contribution in [3.8, 4) is 11.1 Å². The van der Waals surface area contributed by atoms with Crippen molar-refractivity contribution in [2.24, 2.45) is 0 Å². The molecule has 1 aliphatic rings. The first-order valence-electron chi connectivity index (χ1n) is 13.7. The van der Waals surface area contributed by atoms with Crippen LogP contribution in [0.3, 0.4) is 0 Å². The minimum atomic E-state index is -1.09. The Morgan fingerprint density at radius 2 is 1.50 bits per heavy atom. The van der Waals surface area contributed by atoms with Crippen LogP contribution >= 0.6 is 0 Å². The summed E-state index contributed by atoms with van der Waals surface area (Å²) < 4.78 is 5.63. The van der Waals surface area contributed by atoms with Crippen molar-refractivity contribution in [3.05, 3.63) is 95.6 Å². The quantitative estimate of drug-likeness (QED) is 0.286.